The van der Waals surface area contributed by atoms with E-state index >= 15 is 0 Å². The summed E-state index contributed by atoms with van der Waals surface area (Å²) in [7, 11) is 6.51. The minimum absolute atomic E-state index is 0. The van der Waals surface area contributed by atoms with E-state index in [0.29, 0.717) is 140 Å². The molecule has 2 unspecified atom stereocenters. The molecule has 9 amide bonds. The van der Waals surface area contributed by atoms with Gasteiger partial charge in [0.1, 0.15) is 45.7 Å². The van der Waals surface area contributed by atoms with Crippen molar-refractivity contribution >= 4 is 147 Å². The summed E-state index contributed by atoms with van der Waals surface area (Å²) in [5, 5.41) is 26.6. The normalized spacial score (nSPS) is 18.0. The molecule has 38 heteroatoms. The molecule has 146 heavy (non-hydrogen) atoms. The molecule has 8 aromatic carbocycles. The first-order chi connectivity index (χ1) is 70.8. The van der Waals surface area contributed by atoms with E-state index in [-0.39, 0.29) is 71.7 Å². The van der Waals surface area contributed by atoms with Gasteiger partial charge in [-0.05, 0) is 284 Å². The molecule has 21 rings (SSSR count). The molecule has 6 saturated heterocycles. The molecule has 11 aromatic rings. The van der Waals surface area contributed by atoms with E-state index in [4.69, 9.17) is 53.1 Å². The summed E-state index contributed by atoms with van der Waals surface area (Å²) in [5.74, 6) is 4.33. The van der Waals surface area contributed by atoms with E-state index in [1.165, 1.54) is 11.4 Å². The Bertz CT molecular complexity index is 6380. The van der Waals surface area contributed by atoms with Crippen molar-refractivity contribution in [2.45, 2.75) is 135 Å². The number of hydrogen-bond acceptors (Lipinski definition) is 25. The summed E-state index contributed by atoms with van der Waals surface area (Å²) in [6.45, 7) is 13.9. The van der Waals surface area contributed by atoms with E-state index in [0.717, 1.165) is 217 Å². The van der Waals surface area contributed by atoms with Crippen LogP contribution < -0.4 is 73.8 Å². The lowest BCUT2D eigenvalue weighted by Gasteiger charge is -2.55. The standard InChI is InChI=1S/C30H39N5O3.C26H28N4O3.2C25H25N5O4.2CO2.ClH/c1-3-28-27-15-17-32(23-7-9-24(10-8-23)34-16-5-4-6-29(34)36)22-30(27,33-18-20-38-21-19-33)35(31-28)25-11-13-26(37-2)14-12-25;1-3-23-22-15-17-29(19-9-7-18(8-10-19)28-16-5-4-6-24(28)31)26(32)25(22)30(27-23)20-11-13-21(33-2)14-12-20;2*1-34-20-11-9-19(10-12-20)30-23-21(24(27-30)26-16-31)13-15-29(25(23)33)18-7-5-17(6-8-18)28-14-3-2-4-22(28)32;2*2-1-3;/h7-14,27H,3-6,15-22H2,1-2H3;7-14H,3-6,15-17H2,1-2H3;2*5-12,16H,2-4,13-15H2,1H3,(H,26,27,31);;;1H. The molecule has 13 heterocycles. The van der Waals surface area contributed by atoms with E-state index in [9.17, 15) is 43.2 Å². The van der Waals surface area contributed by atoms with Crippen molar-refractivity contribution < 1.29 is 86.0 Å². The van der Waals surface area contributed by atoms with Gasteiger partial charge in [0.25, 0.3) is 17.7 Å². The van der Waals surface area contributed by atoms with Gasteiger partial charge in [-0.25, -0.2) is 19.1 Å². The number of rotatable bonds is 23. The fourth-order valence-electron chi connectivity index (χ4n) is 20.7. The predicted molar refractivity (Wildman–Crippen MR) is 552 cm³/mol. The quantitative estimate of drug-likeness (QED) is 0.0562. The van der Waals surface area contributed by atoms with Gasteiger partial charge in [-0.15, -0.1) is 22.6 Å². The largest absolute Gasteiger partial charge is 0.497 e. The number of aromatic nitrogens is 6. The maximum Gasteiger partial charge on any atom is 0.373 e. The zero-order chi connectivity index (χ0) is 102. The highest BCUT2D eigenvalue weighted by atomic mass is 35.5. The number of piperidine rings is 5. The van der Waals surface area contributed by atoms with Crippen molar-refractivity contribution in [1.82, 2.24) is 34.2 Å². The molecule has 2 atom stereocenters. The van der Waals surface area contributed by atoms with Crippen molar-refractivity contribution in [3.05, 3.63) is 234 Å². The second-order valence-corrected chi connectivity index (χ2v) is 35.9. The zero-order valence-electron chi connectivity index (χ0n) is 82.5. The van der Waals surface area contributed by atoms with Gasteiger partial charge >= 0.3 is 12.3 Å². The molecule has 0 aliphatic carbocycles. The molecule has 10 aliphatic rings. The fourth-order valence-corrected chi connectivity index (χ4v) is 20.7. The first kappa shape index (κ1) is 104. The van der Waals surface area contributed by atoms with Crippen LogP contribution in [-0.4, -0.2) is 226 Å². The van der Waals surface area contributed by atoms with Crippen LogP contribution in [0.1, 0.15) is 158 Å². The van der Waals surface area contributed by atoms with Gasteiger partial charge in [0.2, 0.25) is 36.4 Å². The number of fused-ring (bicyclic) bond motifs is 4. The zero-order valence-corrected chi connectivity index (χ0v) is 83.3. The third-order valence-corrected chi connectivity index (χ3v) is 28.0. The van der Waals surface area contributed by atoms with Crippen LogP contribution in [0.3, 0.4) is 0 Å². The average Bonchev–Trinajstić information content (AvgIpc) is 1.55. The van der Waals surface area contributed by atoms with Gasteiger partial charge in [0.05, 0.1) is 76.6 Å². The summed E-state index contributed by atoms with van der Waals surface area (Å²) in [6, 6.07) is 61.8. The fraction of sp³-hybridized carbons (Fsp3) is 0.361. The molecule has 2 N–H and O–H groups in total. The number of carbonyl (C=O) groups excluding carboxylic acids is 13. The SMILES string of the molecule is CCC1=NN(c2ccc(OC)cc2)C2(N3CCOCC3)CN(c3ccc(N4CCCCC4=O)cc3)CCC12.CCc1nn(-c2ccc(OC)cc2)c2c1CCN(c1ccc(N3CCCCC3=O)cc1)C2=O.COc1ccc(-n2nc(NC=O)c3c2C(=O)N(c2ccc(N4CCCCC4=O)cc2)CC3)cc1.COc1ccc(-n2nc(NC=O)c3c2C(=O)N(c2ccc(N4CCCCC4=O)cc2)CC3)cc1.Cl.O=C=O.O=C=O. The molecule has 760 valence electrons. The van der Waals surface area contributed by atoms with Crippen LogP contribution in [0.15, 0.2) is 199 Å². The molecule has 37 nitrogen and oxygen atoms in total. The number of ether oxygens (including phenoxy) is 5. The van der Waals surface area contributed by atoms with Crippen molar-refractivity contribution in [3.63, 3.8) is 0 Å². The second-order valence-electron chi connectivity index (χ2n) is 35.9. The van der Waals surface area contributed by atoms with Crippen LogP contribution in [0.4, 0.5) is 62.8 Å². The number of aryl methyl sites for hydroxylation is 1. The molecule has 6 fully saturated rings. The molecule has 10 aliphatic heterocycles. The number of anilines is 11. The summed E-state index contributed by atoms with van der Waals surface area (Å²) in [4.78, 5) is 163. The minimum atomic E-state index is -0.288. The van der Waals surface area contributed by atoms with Gasteiger partial charge in [-0.1, -0.05) is 13.8 Å². The Morgan fingerprint density at radius 2 is 0.651 bits per heavy atom. The van der Waals surface area contributed by atoms with Gasteiger partial charge in [0.15, 0.2) is 11.6 Å². The number of hydrogen-bond donors (Lipinski definition) is 2. The molecule has 0 radical (unpaired) electrons. The van der Waals surface area contributed by atoms with Crippen molar-refractivity contribution in [3.8, 4) is 40.1 Å². The average molecular weight is 2010 g/mol. The number of amides is 9. The Labute approximate surface area is 851 Å². The molecule has 0 bridgehead atoms. The first-order valence-corrected chi connectivity index (χ1v) is 49.1. The van der Waals surface area contributed by atoms with Crippen LogP contribution in [0.25, 0.3) is 17.1 Å². The maximum atomic E-state index is 13.7. The lowest BCUT2D eigenvalue weighted by Crippen LogP contribution is -2.71. The van der Waals surface area contributed by atoms with E-state index in [1.807, 2.05) is 148 Å². The van der Waals surface area contributed by atoms with Crippen LogP contribution in [0.2, 0.25) is 0 Å². The Balaban J connectivity index is 0.000000143. The second kappa shape index (κ2) is 48.4. The lowest BCUT2D eigenvalue weighted by molar-refractivity contribution is -0.193. The molecule has 0 saturated carbocycles. The Kier molecular flexibility index (Phi) is 34.6. The number of benzene rings is 8. The predicted octanol–water partition coefficient (Wildman–Crippen LogP) is 14.1. The highest BCUT2D eigenvalue weighted by Crippen LogP contribution is 2.48. The van der Waals surface area contributed by atoms with Crippen LogP contribution in [0, 0.1) is 5.92 Å². The summed E-state index contributed by atoms with van der Waals surface area (Å²) in [6.07, 6.45) is 16.5. The highest BCUT2D eigenvalue weighted by molar-refractivity contribution is 6.11. The number of nitrogens with zero attached hydrogens (tertiary/aromatic N) is 17. The Morgan fingerprint density at radius 3 is 0.959 bits per heavy atom. The molecule has 0 spiro atoms. The molecular weight excluding hydrogens is 1890 g/mol. The van der Waals surface area contributed by atoms with Crippen LogP contribution >= 0.6 is 12.4 Å². The maximum absolute atomic E-state index is 13.7. The van der Waals surface area contributed by atoms with E-state index in [2.05, 4.69) is 85.9 Å². The molecular formula is C108H118ClN19O18. The Morgan fingerprint density at radius 1 is 0.356 bits per heavy atom. The van der Waals surface area contributed by atoms with Crippen LogP contribution in [-0.2, 0) is 78.4 Å². The third kappa shape index (κ3) is 22.2. The van der Waals surface area contributed by atoms with Crippen molar-refractivity contribution in [1.29, 1.82) is 0 Å². The number of nitrogens with one attached hydrogen (secondary N) is 2. The Hall–Kier alpha value is -15.9. The third-order valence-electron chi connectivity index (χ3n) is 28.0. The molecule has 3 aromatic heterocycles. The lowest BCUT2D eigenvalue weighted by atomic mass is 9.79. The van der Waals surface area contributed by atoms with Gasteiger partial charge < -0.3 is 73.5 Å². The number of morpholine rings is 1. The summed E-state index contributed by atoms with van der Waals surface area (Å²) in [5.41, 5.74) is 16.3. The highest BCUT2D eigenvalue weighted by Gasteiger charge is 2.58. The van der Waals surface area contributed by atoms with Crippen molar-refractivity contribution in [2.24, 2.45) is 11.0 Å². The number of hydrazone groups is 1. The monoisotopic (exact) mass is 2000 g/mol. The van der Waals surface area contributed by atoms with Gasteiger partial charge in [-0.2, -0.15) is 29.4 Å². The minimum Gasteiger partial charge on any atom is -0.497 e. The van der Waals surface area contributed by atoms with Crippen molar-refractivity contribution in [2.75, 3.05) is 168 Å². The van der Waals surface area contributed by atoms with E-state index in [1.54, 1.807) is 86.3 Å². The van der Waals surface area contributed by atoms with E-state index < -0.39 is 0 Å². The van der Waals surface area contributed by atoms with Gasteiger partial charge in [-0.3, -0.25) is 48.1 Å². The summed E-state index contributed by atoms with van der Waals surface area (Å²) >= 11 is 0. The number of halogens is 1. The van der Waals surface area contributed by atoms with Crippen LogP contribution in [0.5, 0.6) is 23.0 Å². The topological polar surface area (TPSA) is 390 Å². The smallest absolute Gasteiger partial charge is 0.373 e. The number of carbonyl (C=O) groups is 9. The van der Waals surface area contributed by atoms with Gasteiger partial charge in [0, 0.05) is 165 Å². The first-order valence-electron chi connectivity index (χ1n) is 49.1. The number of methoxy groups -OCH3 is 4. The summed E-state index contributed by atoms with van der Waals surface area (Å²) < 4.78 is 31.9.